The molecule has 2 rings (SSSR count). The van der Waals surface area contributed by atoms with Crippen molar-refractivity contribution in [3.63, 3.8) is 0 Å². The summed E-state index contributed by atoms with van der Waals surface area (Å²) in [6.07, 6.45) is 1.68. The molecule has 0 spiro atoms. The summed E-state index contributed by atoms with van der Waals surface area (Å²) in [5.74, 6) is 0. The Hall–Kier alpha value is -2.17. The summed E-state index contributed by atoms with van der Waals surface area (Å²) in [4.78, 5) is 27.4. The predicted molar refractivity (Wildman–Crippen MR) is 71.5 cm³/mol. The molecule has 2 aromatic heterocycles. The van der Waals surface area contributed by atoms with Gasteiger partial charge in [0, 0.05) is 11.6 Å². The Morgan fingerprint density at radius 3 is 2.63 bits per heavy atom. The zero-order chi connectivity index (χ0) is 14.2. The number of aromatic nitrogens is 2. The molecule has 0 saturated carbocycles. The number of pyridine rings is 1. The first-order valence-electron chi connectivity index (χ1n) is 5.98. The fourth-order valence-corrected chi connectivity index (χ4v) is 1.81. The highest BCUT2D eigenvalue weighted by Crippen LogP contribution is 2.20. The van der Waals surface area contributed by atoms with Crippen LogP contribution in [0.5, 0.6) is 0 Å². The van der Waals surface area contributed by atoms with Crippen molar-refractivity contribution in [3.8, 4) is 0 Å². The van der Waals surface area contributed by atoms with E-state index in [1.807, 2.05) is 13.0 Å². The van der Waals surface area contributed by atoms with Gasteiger partial charge in [0.1, 0.15) is 11.2 Å². The molecule has 2 aromatic rings. The largest absolute Gasteiger partial charge is 0.443 e. The van der Waals surface area contributed by atoms with Crippen LogP contribution in [0.4, 0.5) is 4.79 Å². The van der Waals surface area contributed by atoms with Crippen LogP contribution in [0.25, 0.3) is 11.0 Å². The molecule has 0 aliphatic heterocycles. The number of ether oxygens (including phenoxy) is 1. The smallest absolute Gasteiger partial charge is 0.420 e. The average molecular weight is 260 g/mol. The van der Waals surface area contributed by atoms with Crippen molar-refractivity contribution in [1.29, 1.82) is 0 Å². The van der Waals surface area contributed by atoms with Gasteiger partial charge in [0.05, 0.1) is 5.69 Å². The standard InChI is InChI=1S/C14H16N2O3/c1-9-5-10-6-11(8-17)16(12(10)15-7-9)13(18)19-14(2,3)4/h5-8H,1-4H3. The number of hydrogen-bond donors (Lipinski definition) is 0. The number of fused-ring (bicyclic) bond motifs is 1. The third-order valence-corrected chi connectivity index (χ3v) is 2.50. The Morgan fingerprint density at radius 2 is 2.05 bits per heavy atom. The number of hydrogen-bond acceptors (Lipinski definition) is 4. The SMILES string of the molecule is Cc1cnc2c(c1)cc(C=O)n2C(=O)OC(C)(C)C. The maximum absolute atomic E-state index is 12.1. The van der Waals surface area contributed by atoms with Gasteiger partial charge in [0.15, 0.2) is 6.29 Å². The number of carbonyl (C=O) groups is 2. The third kappa shape index (κ3) is 2.65. The quantitative estimate of drug-likeness (QED) is 0.739. The minimum absolute atomic E-state index is 0.238. The van der Waals surface area contributed by atoms with Crippen LogP contribution in [0.3, 0.4) is 0 Å². The molecule has 0 aromatic carbocycles. The van der Waals surface area contributed by atoms with E-state index in [9.17, 15) is 9.59 Å². The minimum atomic E-state index is -0.626. The molecule has 0 N–H and O–H groups in total. The molecule has 0 fully saturated rings. The lowest BCUT2D eigenvalue weighted by Gasteiger charge is -2.20. The van der Waals surface area contributed by atoms with Crippen molar-refractivity contribution in [2.45, 2.75) is 33.3 Å². The molecule has 19 heavy (non-hydrogen) atoms. The van der Waals surface area contributed by atoms with Gasteiger partial charge in [-0.2, -0.15) is 0 Å². The van der Waals surface area contributed by atoms with E-state index < -0.39 is 11.7 Å². The molecule has 100 valence electrons. The van der Waals surface area contributed by atoms with Crippen LogP contribution in [0.1, 0.15) is 36.8 Å². The van der Waals surface area contributed by atoms with Crippen LogP contribution < -0.4 is 0 Å². The lowest BCUT2D eigenvalue weighted by molar-refractivity contribution is 0.0538. The highest BCUT2D eigenvalue weighted by Gasteiger charge is 2.22. The number of carbonyl (C=O) groups excluding carboxylic acids is 2. The maximum Gasteiger partial charge on any atom is 0.420 e. The molecule has 0 aliphatic carbocycles. The molecule has 0 saturated heterocycles. The Labute approximate surface area is 111 Å². The molecule has 5 heteroatoms. The molecule has 0 amide bonds. The summed E-state index contributed by atoms with van der Waals surface area (Å²) in [6.45, 7) is 7.22. The van der Waals surface area contributed by atoms with Crippen LogP contribution >= 0.6 is 0 Å². The van der Waals surface area contributed by atoms with Crippen LogP contribution in [0.2, 0.25) is 0 Å². The van der Waals surface area contributed by atoms with Crippen molar-refractivity contribution in [1.82, 2.24) is 9.55 Å². The van der Waals surface area contributed by atoms with Gasteiger partial charge >= 0.3 is 6.09 Å². The molecule has 2 heterocycles. The van der Waals surface area contributed by atoms with Crippen molar-refractivity contribution in [2.75, 3.05) is 0 Å². The normalized spacial score (nSPS) is 11.6. The molecule has 0 atom stereocenters. The van der Waals surface area contributed by atoms with Crippen molar-refractivity contribution >= 4 is 23.4 Å². The van der Waals surface area contributed by atoms with Gasteiger partial charge in [0.2, 0.25) is 0 Å². The second-order valence-corrected chi connectivity index (χ2v) is 5.43. The monoisotopic (exact) mass is 260 g/mol. The van der Waals surface area contributed by atoms with Gasteiger partial charge in [-0.25, -0.2) is 14.3 Å². The summed E-state index contributed by atoms with van der Waals surface area (Å²) >= 11 is 0. The Morgan fingerprint density at radius 1 is 1.37 bits per heavy atom. The van der Waals surface area contributed by atoms with Gasteiger partial charge in [-0.15, -0.1) is 0 Å². The summed E-state index contributed by atoms with van der Waals surface area (Å²) in [7, 11) is 0. The Kier molecular flexibility index (Phi) is 3.14. The summed E-state index contributed by atoms with van der Waals surface area (Å²) in [5.41, 5.74) is 1.01. The van der Waals surface area contributed by atoms with Gasteiger partial charge in [-0.1, -0.05) is 0 Å². The number of aldehydes is 1. The predicted octanol–water partition coefficient (Wildman–Crippen LogP) is 2.94. The van der Waals surface area contributed by atoms with Gasteiger partial charge < -0.3 is 4.74 Å². The minimum Gasteiger partial charge on any atom is -0.443 e. The molecule has 0 bridgehead atoms. The number of rotatable bonds is 1. The van der Waals surface area contributed by atoms with E-state index >= 15 is 0 Å². The first-order chi connectivity index (χ1) is 8.81. The number of aryl methyl sites for hydroxylation is 1. The first kappa shape index (κ1) is 13.3. The highest BCUT2D eigenvalue weighted by molar-refractivity contribution is 5.95. The average Bonchev–Trinajstić information content (AvgIpc) is 2.63. The first-order valence-corrected chi connectivity index (χ1v) is 5.98. The van der Waals surface area contributed by atoms with Crippen LogP contribution in [0, 0.1) is 6.92 Å². The van der Waals surface area contributed by atoms with E-state index in [2.05, 4.69) is 4.98 Å². The fraction of sp³-hybridized carbons (Fsp3) is 0.357. The second-order valence-electron chi connectivity index (χ2n) is 5.43. The molecule has 5 nitrogen and oxygen atoms in total. The summed E-state index contributed by atoms with van der Waals surface area (Å²) < 4.78 is 6.49. The molecular formula is C14H16N2O3. The lowest BCUT2D eigenvalue weighted by atomic mass is 10.2. The van der Waals surface area contributed by atoms with Crippen molar-refractivity contribution < 1.29 is 14.3 Å². The van der Waals surface area contributed by atoms with Crippen LogP contribution in [-0.4, -0.2) is 27.5 Å². The summed E-state index contributed by atoms with van der Waals surface area (Å²) in [5, 5.41) is 0.743. The summed E-state index contributed by atoms with van der Waals surface area (Å²) in [6, 6.07) is 3.50. The maximum atomic E-state index is 12.1. The van der Waals surface area contributed by atoms with E-state index in [1.54, 1.807) is 33.0 Å². The van der Waals surface area contributed by atoms with Crippen LogP contribution in [0.15, 0.2) is 18.3 Å². The van der Waals surface area contributed by atoms with Gasteiger partial charge in [-0.3, -0.25) is 4.79 Å². The van der Waals surface area contributed by atoms with E-state index in [0.29, 0.717) is 11.9 Å². The highest BCUT2D eigenvalue weighted by atomic mass is 16.6. The Bertz CT molecular complexity index is 650. The third-order valence-electron chi connectivity index (χ3n) is 2.50. The molecule has 0 aliphatic rings. The number of nitrogens with zero attached hydrogens (tertiary/aromatic N) is 2. The van der Waals surface area contributed by atoms with Crippen molar-refractivity contribution in [2.24, 2.45) is 0 Å². The van der Waals surface area contributed by atoms with Gasteiger partial charge in [0.25, 0.3) is 0 Å². The zero-order valence-corrected chi connectivity index (χ0v) is 11.4. The lowest BCUT2D eigenvalue weighted by Crippen LogP contribution is -2.28. The van der Waals surface area contributed by atoms with Crippen LogP contribution in [-0.2, 0) is 4.74 Å². The topological polar surface area (TPSA) is 61.2 Å². The van der Waals surface area contributed by atoms with Crippen molar-refractivity contribution in [3.05, 3.63) is 29.6 Å². The second kappa shape index (κ2) is 4.50. The molecule has 0 unspecified atom stereocenters. The van der Waals surface area contributed by atoms with E-state index in [1.165, 1.54) is 4.57 Å². The van der Waals surface area contributed by atoms with Gasteiger partial charge in [-0.05, 0) is 45.4 Å². The van der Waals surface area contributed by atoms with E-state index in [0.717, 1.165) is 10.9 Å². The molecule has 0 radical (unpaired) electrons. The zero-order valence-electron chi connectivity index (χ0n) is 11.4. The van der Waals surface area contributed by atoms with E-state index in [4.69, 9.17) is 4.74 Å². The van der Waals surface area contributed by atoms with E-state index in [-0.39, 0.29) is 5.69 Å². The Balaban J connectivity index is 2.58. The fourth-order valence-electron chi connectivity index (χ4n) is 1.81. The molecular weight excluding hydrogens is 244 g/mol.